The fourth-order valence-corrected chi connectivity index (χ4v) is 5.05. The first-order chi connectivity index (χ1) is 19.7. The highest BCUT2D eigenvalue weighted by atomic mass is 35.5. The molecule has 5 rings (SSSR count). The van der Waals surface area contributed by atoms with Crippen molar-refractivity contribution in [3.05, 3.63) is 46.5 Å². The summed E-state index contributed by atoms with van der Waals surface area (Å²) in [5.41, 5.74) is 2.90. The van der Waals surface area contributed by atoms with Crippen molar-refractivity contribution < 1.29 is 13.9 Å². The van der Waals surface area contributed by atoms with Crippen molar-refractivity contribution in [2.45, 2.75) is 39.4 Å². The molecule has 11 nitrogen and oxygen atoms in total. The van der Waals surface area contributed by atoms with Gasteiger partial charge in [0.15, 0.2) is 5.83 Å². The molecular formula is C28H39ClFN9O2. The molecule has 3 aliphatic rings. The standard InChI is InChI=1S/C21H25ClFN7O2.C5H11N.C2H3N/c1-13(23)20(31)30-6-4-29(5-7-30)19-15-11-28(12-17(15)26-21(27-19)32-3)10-14-8-18(24-2)25-9-16(14)22;1-6-4-2-3-5-6;1-2-3/h8-9H,1,4-7,10-12H2,2-3H3,(H,24,25);2-5H2,1H3;1H3. The van der Waals surface area contributed by atoms with Crippen molar-refractivity contribution in [1.29, 1.82) is 5.26 Å². The second-order valence-corrected chi connectivity index (χ2v) is 10.3. The van der Waals surface area contributed by atoms with Gasteiger partial charge < -0.3 is 24.8 Å². The predicted octanol–water partition coefficient (Wildman–Crippen LogP) is 3.46. The van der Waals surface area contributed by atoms with Gasteiger partial charge in [-0.2, -0.15) is 15.2 Å². The largest absolute Gasteiger partial charge is 0.467 e. The summed E-state index contributed by atoms with van der Waals surface area (Å²) < 4.78 is 18.6. The second kappa shape index (κ2) is 15.5. The molecule has 0 aliphatic carbocycles. The Bertz CT molecular complexity index is 1240. The van der Waals surface area contributed by atoms with Crippen molar-refractivity contribution in [3.63, 3.8) is 0 Å². The molecule has 0 radical (unpaired) electrons. The highest BCUT2D eigenvalue weighted by Gasteiger charge is 2.31. The van der Waals surface area contributed by atoms with E-state index in [0.29, 0.717) is 56.8 Å². The maximum absolute atomic E-state index is 13.2. The number of rotatable bonds is 6. The van der Waals surface area contributed by atoms with Crippen LogP contribution in [0.1, 0.15) is 36.6 Å². The number of carbonyl (C=O) groups is 1. The monoisotopic (exact) mass is 587 g/mol. The zero-order valence-electron chi connectivity index (χ0n) is 24.3. The van der Waals surface area contributed by atoms with Crippen LogP contribution in [0.25, 0.3) is 0 Å². The summed E-state index contributed by atoms with van der Waals surface area (Å²) in [4.78, 5) is 33.4. The average molecular weight is 588 g/mol. The molecule has 222 valence electrons. The molecule has 0 atom stereocenters. The Labute approximate surface area is 246 Å². The topological polar surface area (TPSA) is 114 Å². The molecule has 1 N–H and O–H groups in total. The van der Waals surface area contributed by atoms with Crippen molar-refractivity contribution in [1.82, 2.24) is 29.7 Å². The van der Waals surface area contributed by atoms with E-state index in [0.717, 1.165) is 28.5 Å². The van der Waals surface area contributed by atoms with Crippen LogP contribution in [0.5, 0.6) is 6.01 Å². The summed E-state index contributed by atoms with van der Waals surface area (Å²) in [5, 5.41) is 11.0. The number of amides is 1. The van der Waals surface area contributed by atoms with Gasteiger partial charge in [-0.15, -0.1) is 0 Å². The Morgan fingerprint density at radius 3 is 2.39 bits per heavy atom. The summed E-state index contributed by atoms with van der Waals surface area (Å²) in [6.07, 6.45) is 4.47. The average Bonchev–Trinajstić information content (AvgIpc) is 3.62. The summed E-state index contributed by atoms with van der Waals surface area (Å²) in [6.45, 7) is 11.0. The van der Waals surface area contributed by atoms with Crippen LogP contribution in [0.15, 0.2) is 24.7 Å². The predicted molar refractivity (Wildman–Crippen MR) is 157 cm³/mol. The lowest BCUT2D eigenvalue weighted by molar-refractivity contribution is -0.128. The molecule has 0 bridgehead atoms. The van der Waals surface area contributed by atoms with Crippen LogP contribution in [0.3, 0.4) is 0 Å². The van der Waals surface area contributed by atoms with Crippen molar-refractivity contribution in [3.8, 4) is 12.1 Å². The molecule has 0 aromatic carbocycles. The van der Waals surface area contributed by atoms with Gasteiger partial charge in [0.25, 0.3) is 5.91 Å². The minimum atomic E-state index is -0.935. The highest BCUT2D eigenvalue weighted by Crippen LogP contribution is 2.33. The summed E-state index contributed by atoms with van der Waals surface area (Å²) in [7, 11) is 5.53. The lowest BCUT2D eigenvalue weighted by Gasteiger charge is -2.35. The van der Waals surface area contributed by atoms with Crippen LogP contribution < -0.4 is 15.0 Å². The van der Waals surface area contributed by atoms with E-state index in [1.165, 1.54) is 44.9 Å². The molecular weight excluding hydrogens is 549 g/mol. The lowest BCUT2D eigenvalue weighted by Crippen LogP contribution is -2.49. The smallest absolute Gasteiger partial charge is 0.318 e. The Hall–Kier alpha value is -3.53. The van der Waals surface area contributed by atoms with E-state index < -0.39 is 11.7 Å². The number of carbonyl (C=O) groups excluding carboxylic acids is 1. The molecule has 5 heterocycles. The van der Waals surface area contributed by atoms with E-state index in [9.17, 15) is 9.18 Å². The van der Waals surface area contributed by atoms with Crippen LogP contribution in [0, 0.1) is 11.3 Å². The van der Waals surface area contributed by atoms with Crippen LogP contribution in [0.4, 0.5) is 16.0 Å². The molecule has 2 aromatic heterocycles. The van der Waals surface area contributed by atoms with E-state index in [2.05, 4.69) is 48.6 Å². The van der Waals surface area contributed by atoms with Gasteiger partial charge in [0.2, 0.25) is 0 Å². The number of methoxy groups -OCH3 is 1. The first-order valence-corrected chi connectivity index (χ1v) is 13.9. The van der Waals surface area contributed by atoms with E-state index in [1.807, 2.05) is 13.1 Å². The van der Waals surface area contributed by atoms with Gasteiger partial charge in [0, 0.05) is 71.5 Å². The van der Waals surface area contributed by atoms with Crippen LogP contribution in [0.2, 0.25) is 5.02 Å². The van der Waals surface area contributed by atoms with Crippen molar-refractivity contribution >= 4 is 29.1 Å². The minimum absolute atomic E-state index is 0.302. The lowest BCUT2D eigenvalue weighted by atomic mass is 10.2. The van der Waals surface area contributed by atoms with Gasteiger partial charge in [0.1, 0.15) is 11.6 Å². The van der Waals surface area contributed by atoms with Gasteiger partial charge in [0.05, 0.1) is 23.9 Å². The van der Waals surface area contributed by atoms with Gasteiger partial charge in [-0.1, -0.05) is 18.2 Å². The minimum Gasteiger partial charge on any atom is -0.467 e. The molecule has 13 heteroatoms. The molecule has 3 aliphatic heterocycles. The summed E-state index contributed by atoms with van der Waals surface area (Å²) >= 11 is 6.37. The Morgan fingerprint density at radius 1 is 1.20 bits per heavy atom. The molecule has 0 spiro atoms. The number of hydrogen-bond acceptors (Lipinski definition) is 10. The number of halogens is 2. The highest BCUT2D eigenvalue weighted by molar-refractivity contribution is 6.31. The van der Waals surface area contributed by atoms with Crippen molar-refractivity contribution in [2.24, 2.45) is 0 Å². The first-order valence-electron chi connectivity index (χ1n) is 13.6. The summed E-state index contributed by atoms with van der Waals surface area (Å²) in [5.74, 6) is -0.0460. The van der Waals surface area contributed by atoms with Gasteiger partial charge >= 0.3 is 6.01 Å². The Kier molecular flexibility index (Phi) is 12.1. The first kappa shape index (κ1) is 32.0. The molecule has 0 saturated carbocycles. The van der Waals surface area contributed by atoms with Crippen LogP contribution >= 0.6 is 11.6 Å². The summed E-state index contributed by atoms with van der Waals surface area (Å²) in [6, 6.07) is 3.99. The number of likely N-dealkylation sites (tertiary alicyclic amines) is 1. The number of fused-ring (bicyclic) bond motifs is 1. The number of ether oxygens (including phenoxy) is 1. The van der Waals surface area contributed by atoms with E-state index in [-0.39, 0.29) is 0 Å². The third kappa shape index (κ3) is 8.73. The van der Waals surface area contributed by atoms with E-state index in [1.54, 1.807) is 12.3 Å². The van der Waals surface area contributed by atoms with Crippen molar-refractivity contribution in [2.75, 3.05) is 70.7 Å². The third-order valence-corrected chi connectivity index (χ3v) is 7.34. The fraction of sp³-hybridized carbons (Fsp3) is 0.536. The van der Waals surface area contributed by atoms with Crippen LogP contribution in [-0.4, -0.2) is 96.0 Å². The number of aromatic nitrogens is 3. The quantitative estimate of drug-likeness (QED) is 0.504. The zero-order valence-corrected chi connectivity index (χ0v) is 25.0. The number of nitrogens with zero attached hydrogens (tertiary/aromatic N) is 8. The fourth-order valence-electron chi connectivity index (χ4n) is 4.89. The van der Waals surface area contributed by atoms with Gasteiger partial charge in [-0.3, -0.25) is 9.69 Å². The maximum Gasteiger partial charge on any atom is 0.318 e. The molecule has 2 aromatic rings. The molecule has 0 unspecified atom stereocenters. The van der Waals surface area contributed by atoms with Crippen LogP contribution in [-0.2, 0) is 24.4 Å². The number of nitriles is 1. The number of nitrogens with one attached hydrogen (secondary N) is 1. The molecule has 2 fully saturated rings. The number of piperazine rings is 1. The number of hydrogen-bond donors (Lipinski definition) is 1. The van der Waals surface area contributed by atoms with E-state index >= 15 is 0 Å². The SMILES string of the molecule is C=C(F)C(=O)N1CCN(c2nc(OC)nc3c2CN(Cc2cc(NC)ncc2Cl)C3)CC1.CC#N.CN1CCCC1. The molecule has 41 heavy (non-hydrogen) atoms. The molecule has 1 amide bonds. The Morgan fingerprint density at radius 2 is 1.85 bits per heavy atom. The second-order valence-electron chi connectivity index (χ2n) is 9.93. The maximum atomic E-state index is 13.2. The number of pyridine rings is 1. The van der Waals surface area contributed by atoms with E-state index in [4.69, 9.17) is 21.6 Å². The molecule has 2 saturated heterocycles. The van der Waals surface area contributed by atoms with Gasteiger partial charge in [-0.05, 0) is 44.6 Å². The Balaban J connectivity index is 0.000000442. The number of anilines is 2. The zero-order chi connectivity index (χ0) is 29.9. The normalized spacial score (nSPS) is 16.5. The third-order valence-electron chi connectivity index (χ3n) is 7.00. The van der Waals surface area contributed by atoms with Gasteiger partial charge in [-0.25, -0.2) is 9.37 Å².